The highest BCUT2D eigenvalue weighted by Gasteiger charge is 2.44. The summed E-state index contributed by atoms with van der Waals surface area (Å²) in [4.78, 5) is 33.2. The molecule has 0 aromatic heterocycles. The molecule has 0 aliphatic rings. The fourth-order valence-corrected chi connectivity index (χ4v) is 2.10. The van der Waals surface area contributed by atoms with Gasteiger partial charge in [0.05, 0.1) is 18.8 Å². The number of rotatable bonds is 11. The molecular weight excluding hydrogens is 312 g/mol. The van der Waals surface area contributed by atoms with E-state index in [2.05, 4.69) is 4.74 Å². The van der Waals surface area contributed by atoms with Gasteiger partial charge in [-0.1, -0.05) is 26.7 Å². The molecule has 0 amide bonds. The van der Waals surface area contributed by atoms with Crippen LogP contribution in [-0.2, 0) is 19.1 Å². The first-order valence-electron chi connectivity index (χ1n) is 7.32. The van der Waals surface area contributed by atoms with Crippen molar-refractivity contribution in [1.82, 2.24) is 0 Å². The van der Waals surface area contributed by atoms with Crippen molar-refractivity contribution in [3.05, 3.63) is 0 Å². The van der Waals surface area contributed by atoms with Gasteiger partial charge >= 0.3 is 23.9 Å². The molecule has 2 atom stereocenters. The number of carbonyl (C=O) groups is 3. The highest BCUT2D eigenvalue weighted by Crippen LogP contribution is 2.27. The topological polar surface area (TPSA) is 162 Å². The summed E-state index contributed by atoms with van der Waals surface area (Å²) in [5, 5.41) is 46.9. The molecule has 0 aromatic carbocycles. The fourth-order valence-electron chi connectivity index (χ4n) is 2.10. The number of carbonyl (C=O) groups excluding carboxylic acids is 1. The molecule has 0 radical (unpaired) electrons. The van der Waals surface area contributed by atoms with E-state index in [1.165, 1.54) is 0 Å². The summed E-state index contributed by atoms with van der Waals surface area (Å²) >= 11 is 0. The van der Waals surface area contributed by atoms with Crippen LogP contribution in [0.2, 0.25) is 0 Å². The Morgan fingerprint density at radius 3 is 2.00 bits per heavy atom. The molecule has 0 aromatic rings. The Kier molecular flexibility index (Phi) is 8.15. The number of hydrogen-bond acceptors (Lipinski definition) is 7. The molecule has 0 aliphatic heterocycles. The zero-order chi connectivity index (χ0) is 18.3. The molecule has 0 fully saturated rings. The van der Waals surface area contributed by atoms with E-state index in [4.69, 9.17) is 10.2 Å². The zero-order valence-corrected chi connectivity index (χ0v) is 13.2. The second-order valence-corrected chi connectivity index (χ2v) is 5.46. The number of aliphatic hydroxyl groups is 3. The quantitative estimate of drug-likeness (QED) is 0.259. The van der Waals surface area contributed by atoms with Gasteiger partial charge in [-0.25, -0.2) is 4.79 Å². The minimum atomic E-state index is -2.88. The first-order valence-corrected chi connectivity index (χ1v) is 7.32. The Morgan fingerprint density at radius 1 is 1.04 bits per heavy atom. The van der Waals surface area contributed by atoms with E-state index in [9.17, 15) is 29.7 Å². The molecule has 9 nitrogen and oxygen atoms in total. The molecule has 0 spiro atoms. The number of carboxylic acid groups (broad SMARTS) is 2. The van der Waals surface area contributed by atoms with Gasteiger partial charge in [-0.2, -0.15) is 0 Å². The Morgan fingerprint density at radius 2 is 1.61 bits per heavy atom. The lowest BCUT2D eigenvalue weighted by molar-refractivity contribution is -0.348. The van der Waals surface area contributed by atoms with Crippen molar-refractivity contribution in [2.75, 3.05) is 0 Å². The Labute approximate surface area is 133 Å². The van der Waals surface area contributed by atoms with Gasteiger partial charge in [0.2, 0.25) is 0 Å². The second-order valence-electron chi connectivity index (χ2n) is 5.46. The maximum Gasteiger partial charge on any atom is 0.336 e. The number of carboxylic acids is 2. The van der Waals surface area contributed by atoms with Crippen molar-refractivity contribution >= 4 is 17.9 Å². The van der Waals surface area contributed by atoms with E-state index in [-0.39, 0.29) is 0 Å². The van der Waals surface area contributed by atoms with E-state index in [1.807, 2.05) is 6.92 Å². The first kappa shape index (κ1) is 21.3. The van der Waals surface area contributed by atoms with Gasteiger partial charge in [0.1, 0.15) is 0 Å². The molecule has 0 rings (SSSR count). The molecule has 0 heterocycles. The SMILES string of the molecule is CCCCC(CC)C(O)(O)OC(=O)CC(O)(CC(=O)O)C(=O)O. The van der Waals surface area contributed by atoms with Crippen molar-refractivity contribution < 1.29 is 44.7 Å². The summed E-state index contributed by atoms with van der Waals surface area (Å²) in [7, 11) is 0. The zero-order valence-electron chi connectivity index (χ0n) is 13.2. The molecule has 134 valence electrons. The summed E-state index contributed by atoms with van der Waals surface area (Å²) < 4.78 is 4.47. The third-order valence-corrected chi connectivity index (χ3v) is 3.47. The van der Waals surface area contributed by atoms with Crippen molar-refractivity contribution in [1.29, 1.82) is 0 Å². The summed E-state index contributed by atoms with van der Waals surface area (Å²) in [6.45, 7) is 3.56. The molecule has 0 bridgehead atoms. The molecule has 9 heteroatoms. The van der Waals surface area contributed by atoms with Crippen molar-refractivity contribution in [2.24, 2.45) is 5.92 Å². The lowest BCUT2D eigenvalue weighted by atomic mass is 9.95. The Balaban J connectivity index is 4.95. The lowest BCUT2D eigenvalue weighted by Gasteiger charge is -2.30. The van der Waals surface area contributed by atoms with Crippen LogP contribution < -0.4 is 0 Å². The maximum absolute atomic E-state index is 11.7. The van der Waals surface area contributed by atoms with Gasteiger partial charge in [-0.05, 0) is 12.8 Å². The fraction of sp³-hybridized carbons (Fsp3) is 0.786. The first-order chi connectivity index (χ1) is 10.5. The van der Waals surface area contributed by atoms with Crippen molar-refractivity contribution in [3.8, 4) is 0 Å². The number of ether oxygens (including phenoxy) is 1. The van der Waals surface area contributed by atoms with Gasteiger partial charge < -0.3 is 30.3 Å². The van der Waals surface area contributed by atoms with Crippen LogP contribution in [0.15, 0.2) is 0 Å². The largest absolute Gasteiger partial charge is 0.481 e. The predicted molar refractivity (Wildman–Crippen MR) is 76.0 cm³/mol. The van der Waals surface area contributed by atoms with Crippen LogP contribution in [0.5, 0.6) is 0 Å². The van der Waals surface area contributed by atoms with Gasteiger partial charge in [-0.3, -0.25) is 9.59 Å². The smallest absolute Gasteiger partial charge is 0.336 e. The van der Waals surface area contributed by atoms with Crippen LogP contribution >= 0.6 is 0 Å². The molecule has 0 saturated carbocycles. The van der Waals surface area contributed by atoms with E-state index in [1.54, 1.807) is 6.92 Å². The molecule has 5 N–H and O–H groups in total. The van der Waals surface area contributed by atoms with Crippen LogP contribution in [0.25, 0.3) is 0 Å². The van der Waals surface area contributed by atoms with Crippen molar-refractivity contribution in [2.45, 2.75) is 63.9 Å². The summed E-state index contributed by atoms with van der Waals surface area (Å²) in [6.07, 6.45) is -0.338. The molecule has 23 heavy (non-hydrogen) atoms. The average molecular weight is 336 g/mol. The van der Waals surface area contributed by atoms with Crippen LogP contribution in [0.3, 0.4) is 0 Å². The summed E-state index contributed by atoms with van der Waals surface area (Å²) in [5.74, 6) is -8.57. The monoisotopic (exact) mass is 336 g/mol. The van der Waals surface area contributed by atoms with Crippen molar-refractivity contribution in [3.63, 3.8) is 0 Å². The summed E-state index contributed by atoms with van der Waals surface area (Å²) in [5.41, 5.74) is -2.88. The number of unbranched alkanes of at least 4 members (excludes halogenated alkanes) is 1. The number of esters is 1. The van der Waals surface area contributed by atoms with Gasteiger partial charge in [0.15, 0.2) is 5.60 Å². The molecule has 0 aliphatic carbocycles. The van der Waals surface area contributed by atoms with E-state index in [0.29, 0.717) is 19.3 Å². The average Bonchev–Trinajstić information content (AvgIpc) is 2.36. The maximum atomic E-state index is 11.7. The van der Waals surface area contributed by atoms with Crippen LogP contribution in [0.1, 0.15) is 52.4 Å². The molecule has 2 unspecified atom stereocenters. The van der Waals surface area contributed by atoms with Crippen LogP contribution in [0.4, 0.5) is 0 Å². The lowest BCUT2D eigenvalue weighted by Crippen LogP contribution is -2.47. The minimum absolute atomic E-state index is 0.290. The van der Waals surface area contributed by atoms with Gasteiger partial charge in [0, 0.05) is 0 Å². The third kappa shape index (κ3) is 6.93. The normalized spacial score (nSPS) is 15.5. The number of hydrogen-bond donors (Lipinski definition) is 5. The van der Waals surface area contributed by atoms with Crippen LogP contribution in [0, 0.1) is 5.92 Å². The Bertz CT molecular complexity index is 432. The van der Waals surface area contributed by atoms with Gasteiger partial charge in [-0.15, -0.1) is 0 Å². The van der Waals surface area contributed by atoms with Crippen LogP contribution in [-0.4, -0.2) is 55.0 Å². The predicted octanol–water partition coefficient (Wildman–Crippen LogP) is 0.0649. The van der Waals surface area contributed by atoms with Gasteiger partial charge in [0.25, 0.3) is 0 Å². The summed E-state index contributed by atoms with van der Waals surface area (Å²) in [6, 6.07) is 0. The number of aliphatic carboxylic acids is 2. The van der Waals surface area contributed by atoms with E-state index in [0.717, 1.165) is 6.42 Å². The standard InChI is InChI=1S/C14H24O9/c1-3-5-6-9(4-2)14(21,22)23-11(17)8-13(20,12(18)19)7-10(15)16/h9,20-22H,3-8H2,1-2H3,(H,15,16)(H,18,19). The van der Waals surface area contributed by atoms with E-state index >= 15 is 0 Å². The second kappa shape index (κ2) is 8.80. The highest BCUT2D eigenvalue weighted by molar-refractivity contribution is 5.88. The molecular formula is C14H24O9. The third-order valence-electron chi connectivity index (χ3n) is 3.47. The Hall–Kier alpha value is -1.71. The highest BCUT2D eigenvalue weighted by atomic mass is 16.8. The molecule has 0 saturated heterocycles. The minimum Gasteiger partial charge on any atom is -0.481 e. The van der Waals surface area contributed by atoms with E-state index < -0.39 is 48.2 Å².